The molecule has 2 aliphatic rings. The highest BCUT2D eigenvalue weighted by Gasteiger charge is 2.40. The molecule has 2 fully saturated rings. The molecular weight excluding hydrogens is 298 g/mol. The van der Waals surface area contributed by atoms with Crippen LogP contribution in [0.15, 0.2) is 12.1 Å². The fourth-order valence-corrected chi connectivity index (χ4v) is 3.40. The molecule has 128 valence electrons. The molecule has 0 radical (unpaired) electrons. The number of likely N-dealkylation sites (tertiary alicyclic amines) is 1. The van der Waals surface area contributed by atoms with E-state index >= 15 is 0 Å². The van der Waals surface area contributed by atoms with Crippen molar-refractivity contribution in [2.45, 2.75) is 25.2 Å². The Morgan fingerprint density at radius 3 is 2.26 bits per heavy atom. The molecular formula is C17H25NO5. The highest BCUT2D eigenvalue weighted by molar-refractivity contribution is 5.50. The minimum absolute atomic E-state index is 0.425. The highest BCUT2D eigenvalue weighted by atomic mass is 16.7. The lowest BCUT2D eigenvalue weighted by molar-refractivity contribution is -0.190. The SMILES string of the molecule is COc1cc(OC)c(CN2CCCC3(C2)OCCO3)c(OC)c1. The van der Waals surface area contributed by atoms with E-state index in [0.717, 1.165) is 55.3 Å². The van der Waals surface area contributed by atoms with E-state index in [4.69, 9.17) is 23.7 Å². The van der Waals surface area contributed by atoms with Crippen LogP contribution in [0.25, 0.3) is 0 Å². The molecule has 0 amide bonds. The quantitative estimate of drug-likeness (QED) is 0.827. The van der Waals surface area contributed by atoms with Gasteiger partial charge in [0.1, 0.15) is 17.2 Å². The third kappa shape index (κ3) is 3.39. The molecule has 2 saturated heterocycles. The van der Waals surface area contributed by atoms with E-state index in [-0.39, 0.29) is 0 Å². The summed E-state index contributed by atoms with van der Waals surface area (Å²) in [5.74, 6) is 1.84. The standard InChI is InChI=1S/C17H25NO5/c1-19-13-9-15(20-2)14(16(10-13)21-3)11-18-6-4-5-17(12-18)22-7-8-23-17/h9-10H,4-8,11-12H2,1-3H3. The number of piperidine rings is 1. The second kappa shape index (κ2) is 6.95. The van der Waals surface area contributed by atoms with Gasteiger partial charge in [-0.05, 0) is 13.0 Å². The highest BCUT2D eigenvalue weighted by Crippen LogP contribution is 2.37. The maximum Gasteiger partial charge on any atom is 0.181 e. The Morgan fingerprint density at radius 1 is 1.04 bits per heavy atom. The molecule has 0 unspecified atom stereocenters. The van der Waals surface area contributed by atoms with Crippen molar-refractivity contribution >= 4 is 0 Å². The Morgan fingerprint density at radius 2 is 1.70 bits per heavy atom. The lowest BCUT2D eigenvalue weighted by atomic mass is 10.0. The van der Waals surface area contributed by atoms with E-state index < -0.39 is 5.79 Å². The molecule has 6 nitrogen and oxygen atoms in total. The number of benzene rings is 1. The van der Waals surface area contributed by atoms with E-state index in [1.807, 2.05) is 12.1 Å². The van der Waals surface area contributed by atoms with E-state index in [1.165, 1.54) is 0 Å². The van der Waals surface area contributed by atoms with Gasteiger partial charge in [-0.3, -0.25) is 4.90 Å². The average Bonchev–Trinajstić information content (AvgIpc) is 3.02. The van der Waals surface area contributed by atoms with Crippen LogP contribution >= 0.6 is 0 Å². The summed E-state index contributed by atoms with van der Waals surface area (Å²) in [6.45, 7) is 3.87. The Hall–Kier alpha value is -1.50. The minimum Gasteiger partial charge on any atom is -0.496 e. The van der Waals surface area contributed by atoms with Crippen molar-refractivity contribution in [2.24, 2.45) is 0 Å². The van der Waals surface area contributed by atoms with Gasteiger partial charge in [0.15, 0.2) is 5.79 Å². The lowest BCUT2D eigenvalue weighted by Gasteiger charge is -2.38. The van der Waals surface area contributed by atoms with Gasteiger partial charge in [-0.2, -0.15) is 0 Å². The first-order valence-electron chi connectivity index (χ1n) is 7.99. The first-order chi connectivity index (χ1) is 11.2. The first kappa shape index (κ1) is 16.4. The summed E-state index contributed by atoms with van der Waals surface area (Å²) in [4.78, 5) is 2.33. The predicted molar refractivity (Wildman–Crippen MR) is 85.2 cm³/mol. The van der Waals surface area contributed by atoms with Crippen LogP contribution in [0.3, 0.4) is 0 Å². The molecule has 2 heterocycles. The van der Waals surface area contributed by atoms with Crippen LogP contribution in [0, 0.1) is 0 Å². The molecule has 2 aliphatic heterocycles. The average molecular weight is 323 g/mol. The van der Waals surface area contributed by atoms with Crippen molar-refractivity contribution in [3.8, 4) is 17.2 Å². The number of nitrogens with zero attached hydrogens (tertiary/aromatic N) is 1. The fraction of sp³-hybridized carbons (Fsp3) is 0.647. The van der Waals surface area contributed by atoms with E-state index in [9.17, 15) is 0 Å². The molecule has 0 N–H and O–H groups in total. The van der Waals surface area contributed by atoms with Crippen molar-refractivity contribution in [2.75, 3.05) is 47.6 Å². The summed E-state index contributed by atoms with van der Waals surface area (Å²) in [6, 6.07) is 3.78. The second-order valence-electron chi connectivity index (χ2n) is 5.93. The van der Waals surface area contributed by atoms with Gasteiger partial charge in [-0.25, -0.2) is 0 Å². The predicted octanol–water partition coefficient (Wildman–Crippen LogP) is 2.05. The van der Waals surface area contributed by atoms with Crippen LogP contribution in [0.5, 0.6) is 17.2 Å². The molecule has 0 aromatic heterocycles. The number of hydrogen-bond donors (Lipinski definition) is 0. The van der Waals surface area contributed by atoms with Gasteiger partial charge < -0.3 is 23.7 Å². The van der Waals surface area contributed by atoms with Crippen LogP contribution in [0.2, 0.25) is 0 Å². The Balaban J connectivity index is 1.81. The molecule has 3 rings (SSSR count). The minimum atomic E-state index is -0.425. The maximum absolute atomic E-state index is 5.85. The van der Waals surface area contributed by atoms with Gasteiger partial charge in [-0.1, -0.05) is 0 Å². The molecule has 23 heavy (non-hydrogen) atoms. The van der Waals surface area contributed by atoms with Crippen LogP contribution in [-0.4, -0.2) is 58.3 Å². The Kier molecular flexibility index (Phi) is 4.94. The smallest absolute Gasteiger partial charge is 0.181 e. The second-order valence-corrected chi connectivity index (χ2v) is 5.93. The summed E-state index contributed by atoms with van der Waals surface area (Å²) in [6.07, 6.45) is 2.02. The van der Waals surface area contributed by atoms with E-state index in [0.29, 0.717) is 13.2 Å². The third-order valence-electron chi connectivity index (χ3n) is 4.51. The van der Waals surface area contributed by atoms with Gasteiger partial charge in [0, 0.05) is 25.1 Å². The molecule has 1 aromatic carbocycles. The summed E-state index contributed by atoms with van der Waals surface area (Å²) in [5, 5.41) is 0. The molecule has 6 heteroatoms. The van der Waals surface area contributed by atoms with Crippen LogP contribution < -0.4 is 14.2 Å². The zero-order valence-corrected chi connectivity index (χ0v) is 14.1. The summed E-state index contributed by atoms with van der Waals surface area (Å²) in [7, 11) is 4.97. The normalized spacial score (nSPS) is 20.7. The van der Waals surface area contributed by atoms with Gasteiger partial charge in [0.05, 0.1) is 46.7 Å². The summed E-state index contributed by atoms with van der Waals surface area (Å²) in [5.41, 5.74) is 1.02. The number of methoxy groups -OCH3 is 3. The van der Waals surface area contributed by atoms with Crippen LogP contribution in [-0.2, 0) is 16.0 Å². The van der Waals surface area contributed by atoms with Gasteiger partial charge >= 0.3 is 0 Å². The van der Waals surface area contributed by atoms with E-state index in [2.05, 4.69) is 4.90 Å². The number of hydrogen-bond acceptors (Lipinski definition) is 6. The van der Waals surface area contributed by atoms with E-state index in [1.54, 1.807) is 21.3 Å². The fourth-order valence-electron chi connectivity index (χ4n) is 3.40. The van der Waals surface area contributed by atoms with Gasteiger partial charge in [0.25, 0.3) is 0 Å². The number of rotatable bonds is 5. The number of ether oxygens (including phenoxy) is 5. The Labute approximate surface area is 137 Å². The van der Waals surface area contributed by atoms with Crippen molar-refractivity contribution in [1.82, 2.24) is 4.90 Å². The molecule has 0 atom stereocenters. The monoisotopic (exact) mass is 323 g/mol. The largest absolute Gasteiger partial charge is 0.496 e. The van der Waals surface area contributed by atoms with Gasteiger partial charge in [0.2, 0.25) is 0 Å². The van der Waals surface area contributed by atoms with Crippen molar-refractivity contribution in [3.05, 3.63) is 17.7 Å². The molecule has 0 aliphatic carbocycles. The van der Waals surface area contributed by atoms with Crippen LogP contribution in [0.4, 0.5) is 0 Å². The zero-order valence-electron chi connectivity index (χ0n) is 14.1. The molecule has 0 saturated carbocycles. The van der Waals surface area contributed by atoms with Crippen LogP contribution in [0.1, 0.15) is 18.4 Å². The van der Waals surface area contributed by atoms with Crippen molar-refractivity contribution < 1.29 is 23.7 Å². The lowest BCUT2D eigenvalue weighted by Crippen LogP contribution is -2.48. The van der Waals surface area contributed by atoms with Crippen molar-refractivity contribution in [3.63, 3.8) is 0 Å². The molecule has 1 aromatic rings. The van der Waals surface area contributed by atoms with Gasteiger partial charge in [-0.15, -0.1) is 0 Å². The summed E-state index contributed by atoms with van der Waals surface area (Å²) >= 11 is 0. The maximum atomic E-state index is 5.85. The topological polar surface area (TPSA) is 49.4 Å². The molecule has 0 bridgehead atoms. The van der Waals surface area contributed by atoms with Crippen molar-refractivity contribution in [1.29, 1.82) is 0 Å². The summed E-state index contributed by atoms with van der Waals surface area (Å²) < 4.78 is 28.1. The molecule has 1 spiro atoms. The zero-order chi connectivity index (χ0) is 16.3. The first-order valence-corrected chi connectivity index (χ1v) is 7.99. The Bertz CT molecular complexity index is 517. The third-order valence-corrected chi connectivity index (χ3v) is 4.51.